The minimum Gasteiger partial charge on any atom is -0.539 e. The lowest BCUT2D eigenvalue weighted by atomic mass is 10.2. The lowest BCUT2D eigenvalue weighted by Gasteiger charge is -2.36. The fourth-order valence-electron chi connectivity index (χ4n) is 1.61. The van der Waals surface area contributed by atoms with E-state index < -0.39 is 14.3 Å². The summed E-state index contributed by atoms with van der Waals surface area (Å²) in [6.45, 7) is 12.7. The Morgan fingerprint density at radius 2 is 1.74 bits per heavy atom. The van der Waals surface area contributed by atoms with Crippen LogP contribution in [0.3, 0.4) is 0 Å². The lowest BCUT2D eigenvalue weighted by molar-refractivity contribution is -0.141. The van der Waals surface area contributed by atoms with Gasteiger partial charge in [-0.15, -0.1) is 0 Å². The fraction of sp³-hybridized carbons (Fsp3) is 0.500. The Hall–Kier alpha value is -1.75. The maximum absolute atomic E-state index is 12.3. The van der Waals surface area contributed by atoms with E-state index in [9.17, 15) is 4.79 Å². The summed E-state index contributed by atoms with van der Waals surface area (Å²) in [7, 11) is -0.505. The molecule has 4 nitrogen and oxygen atoms in total. The first-order valence-corrected chi connectivity index (χ1v) is 10.7. The number of ether oxygens (including phenoxy) is 2. The minimum absolute atomic E-state index is 0.00150. The molecule has 0 aromatic heterocycles. The molecule has 0 heterocycles. The van der Waals surface area contributed by atoms with Gasteiger partial charge in [-0.3, -0.25) is 0 Å². The Balaban J connectivity index is 3.14. The molecule has 1 aromatic carbocycles. The Morgan fingerprint density at radius 1 is 1.17 bits per heavy atom. The topological polar surface area (TPSA) is 44.8 Å². The van der Waals surface area contributed by atoms with E-state index in [2.05, 4.69) is 33.9 Å². The van der Waals surface area contributed by atoms with E-state index in [0.29, 0.717) is 6.61 Å². The molecular formula is C18H28O4Si. The van der Waals surface area contributed by atoms with E-state index in [1.807, 2.05) is 24.3 Å². The molecule has 1 aromatic rings. The third kappa shape index (κ3) is 5.43. The lowest BCUT2D eigenvalue weighted by Crippen LogP contribution is -2.41. The summed E-state index contributed by atoms with van der Waals surface area (Å²) >= 11 is 0. The molecule has 0 unspecified atom stereocenters. The van der Waals surface area contributed by atoms with Crippen molar-refractivity contribution in [1.82, 2.24) is 0 Å². The van der Waals surface area contributed by atoms with Crippen LogP contribution in [-0.4, -0.2) is 28.0 Å². The van der Waals surface area contributed by atoms with Crippen molar-refractivity contribution in [3.05, 3.63) is 35.6 Å². The highest BCUT2D eigenvalue weighted by atomic mass is 28.4. The first-order valence-electron chi connectivity index (χ1n) is 7.82. The van der Waals surface area contributed by atoms with E-state index in [0.717, 1.165) is 11.3 Å². The number of benzene rings is 1. The average Bonchev–Trinajstić information content (AvgIpc) is 2.46. The van der Waals surface area contributed by atoms with Gasteiger partial charge in [-0.1, -0.05) is 32.9 Å². The summed E-state index contributed by atoms with van der Waals surface area (Å²) in [4.78, 5) is 12.3. The average molecular weight is 337 g/mol. The SMILES string of the molecule is CCOC(=O)/C(=C\c1ccc(OC)cc1)O[Si](C)(C)C(C)(C)C. The van der Waals surface area contributed by atoms with Crippen molar-refractivity contribution < 1.29 is 18.7 Å². The van der Waals surface area contributed by atoms with Crippen LogP contribution in [0.1, 0.15) is 33.3 Å². The van der Waals surface area contributed by atoms with Gasteiger partial charge < -0.3 is 13.9 Å². The van der Waals surface area contributed by atoms with Gasteiger partial charge in [0.25, 0.3) is 8.32 Å². The second-order valence-electron chi connectivity index (χ2n) is 6.86. The van der Waals surface area contributed by atoms with Crippen LogP contribution in [0.4, 0.5) is 0 Å². The molecule has 0 aliphatic heterocycles. The molecule has 0 atom stereocenters. The zero-order valence-corrected chi connectivity index (χ0v) is 16.2. The van der Waals surface area contributed by atoms with Crippen LogP contribution in [0.25, 0.3) is 6.08 Å². The molecule has 0 spiro atoms. The molecule has 5 heteroatoms. The van der Waals surface area contributed by atoms with E-state index in [1.165, 1.54) is 0 Å². The van der Waals surface area contributed by atoms with Gasteiger partial charge >= 0.3 is 5.97 Å². The number of rotatable bonds is 6. The molecule has 23 heavy (non-hydrogen) atoms. The van der Waals surface area contributed by atoms with Crippen LogP contribution in [-0.2, 0) is 14.0 Å². The molecule has 0 aliphatic rings. The first-order chi connectivity index (χ1) is 10.6. The van der Waals surface area contributed by atoms with Gasteiger partial charge in [-0.2, -0.15) is 0 Å². The highest BCUT2D eigenvalue weighted by Crippen LogP contribution is 2.38. The summed E-state index contributed by atoms with van der Waals surface area (Å²) in [6, 6.07) is 7.46. The predicted octanol–water partition coefficient (Wildman–Crippen LogP) is 4.62. The van der Waals surface area contributed by atoms with E-state index in [1.54, 1.807) is 20.1 Å². The highest BCUT2D eigenvalue weighted by molar-refractivity contribution is 6.74. The van der Waals surface area contributed by atoms with Crippen LogP contribution in [0, 0.1) is 0 Å². The summed E-state index contributed by atoms with van der Waals surface area (Å²) in [5, 5.41) is -0.00150. The van der Waals surface area contributed by atoms with Crippen LogP contribution in [0.5, 0.6) is 5.75 Å². The zero-order chi connectivity index (χ0) is 17.7. The number of hydrogen-bond donors (Lipinski definition) is 0. The minimum atomic E-state index is -2.13. The van der Waals surface area contributed by atoms with Crippen LogP contribution in [0.2, 0.25) is 18.1 Å². The Kier molecular flexibility index (Phi) is 6.44. The normalized spacial score (nSPS) is 12.7. The van der Waals surface area contributed by atoms with Gasteiger partial charge in [-0.25, -0.2) is 4.79 Å². The third-order valence-corrected chi connectivity index (χ3v) is 8.40. The van der Waals surface area contributed by atoms with Gasteiger partial charge in [0, 0.05) is 0 Å². The quantitative estimate of drug-likeness (QED) is 0.329. The van der Waals surface area contributed by atoms with Crippen molar-refractivity contribution in [2.75, 3.05) is 13.7 Å². The highest BCUT2D eigenvalue weighted by Gasteiger charge is 2.40. The Bertz CT molecular complexity index is 553. The van der Waals surface area contributed by atoms with E-state index >= 15 is 0 Å². The molecule has 0 saturated carbocycles. The van der Waals surface area contributed by atoms with Gasteiger partial charge in [-0.05, 0) is 48.8 Å². The molecule has 0 amide bonds. The molecule has 128 valence electrons. The molecule has 0 radical (unpaired) electrons. The molecule has 1 rings (SSSR count). The largest absolute Gasteiger partial charge is 0.539 e. The molecule has 0 fully saturated rings. The standard InChI is InChI=1S/C18H28O4Si/c1-8-21-17(19)16(22-23(6,7)18(2,3)4)13-14-9-11-15(20-5)12-10-14/h9-13H,8H2,1-7H3/b16-13+. The van der Waals surface area contributed by atoms with Crippen molar-refractivity contribution in [3.8, 4) is 5.75 Å². The number of carbonyl (C=O) groups excluding carboxylic acids is 1. The fourth-order valence-corrected chi connectivity index (χ4v) is 2.61. The number of esters is 1. The summed E-state index contributed by atoms with van der Waals surface area (Å²) in [5.41, 5.74) is 0.868. The Labute approximate surface area is 140 Å². The van der Waals surface area contributed by atoms with Crippen molar-refractivity contribution in [2.45, 2.75) is 45.8 Å². The number of carbonyl (C=O) groups is 1. The van der Waals surface area contributed by atoms with Crippen molar-refractivity contribution in [2.24, 2.45) is 0 Å². The maximum atomic E-state index is 12.3. The maximum Gasteiger partial charge on any atom is 0.372 e. The van der Waals surface area contributed by atoms with Gasteiger partial charge in [0.1, 0.15) is 5.75 Å². The van der Waals surface area contributed by atoms with E-state index in [-0.39, 0.29) is 10.8 Å². The molecule has 0 aliphatic carbocycles. The molecule has 0 bridgehead atoms. The predicted molar refractivity (Wildman–Crippen MR) is 95.9 cm³/mol. The smallest absolute Gasteiger partial charge is 0.372 e. The van der Waals surface area contributed by atoms with Crippen molar-refractivity contribution >= 4 is 20.4 Å². The Morgan fingerprint density at radius 3 is 2.17 bits per heavy atom. The van der Waals surface area contributed by atoms with Gasteiger partial charge in [0.2, 0.25) is 0 Å². The molecule has 0 N–H and O–H groups in total. The van der Waals surface area contributed by atoms with Gasteiger partial charge in [0.05, 0.1) is 13.7 Å². The summed E-state index contributed by atoms with van der Waals surface area (Å²) < 4.78 is 16.5. The number of methoxy groups -OCH3 is 1. The van der Waals surface area contributed by atoms with Gasteiger partial charge in [0.15, 0.2) is 5.76 Å². The molecular weight excluding hydrogens is 308 g/mol. The molecule has 0 saturated heterocycles. The summed E-state index contributed by atoms with van der Waals surface area (Å²) in [6.07, 6.45) is 1.73. The van der Waals surface area contributed by atoms with Crippen molar-refractivity contribution in [3.63, 3.8) is 0 Å². The first kappa shape index (κ1) is 19.3. The summed E-state index contributed by atoms with van der Waals surface area (Å²) in [5.74, 6) is 0.613. The van der Waals surface area contributed by atoms with E-state index in [4.69, 9.17) is 13.9 Å². The van der Waals surface area contributed by atoms with Crippen molar-refractivity contribution in [1.29, 1.82) is 0 Å². The second-order valence-corrected chi connectivity index (χ2v) is 11.6. The zero-order valence-electron chi connectivity index (χ0n) is 15.2. The monoisotopic (exact) mass is 336 g/mol. The van der Waals surface area contributed by atoms with Crippen LogP contribution >= 0.6 is 0 Å². The number of hydrogen-bond acceptors (Lipinski definition) is 4. The van der Waals surface area contributed by atoms with Crippen LogP contribution in [0.15, 0.2) is 30.0 Å². The third-order valence-electron chi connectivity index (χ3n) is 4.06. The van der Waals surface area contributed by atoms with Crippen LogP contribution < -0.4 is 4.74 Å². The second kappa shape index (κ2) is 7.68.